The van der Waals surface area contributed by atoms with Crippen LogP contribution in [0, 0.1) is 6.92 Å². The van der Waals surface area contributed by atoms with Crippen LogP contribution in [0.3, 0.4) is 0 Å². The van der Waals surface area contributed by atoms with E-state index < -0.39 is 0 Å². The number of fused-ring (bicyclic) bond motifs is 1. The Morgan fingerprint density at radius 3 is 2.59 bits per heavy atom. The molecule has 4 rings (SSSR count). The highest BCUT2D eigenvalue weighted by molar-refractivity contribution is 7.17. The average Bonchev–Trinajstić information content (AvgIpc) is 3.26. The molecule has 0 unspecified atom stereocenters. The van der Waals surface area contributed by atoms with Gasteiger partial charge in [0.05, 0.1) is 11.3 Å². The Morgan fingerprint density at radius 2 is 1.82 bits per heavy atom. The highest BCUT2D eigenvalue weighted by Crippen LogP contribution is 2.25. The zero-order chi connectivity index (χ0) is 24.1. The molecule has 0 saturated carbocycles. The maximum atomic E-state index is 12.6. The number of nitrogens with zero attached hydrogens (tertiary/aromatic N) is 1. The topological polar surface area (TPSA) is 79.8 Å². The van der Waals surface area contributed by atoms with Crippen LogP contribution >= 0.6 is 22.9 Å². The number of carbonyl (C=O) groups is 2. The summed E-state index contributed by atoms with van der Waals surface area (Å²) in [6.45, 7) is 3.56. The van der Waals surface area contributed by atoms with Crippen LogP contribution in [-0.2, 0) is 4.79 Å². The molecule has 0 aliphatic carbocycles. The summed E-state index contributed by atoms with van der Waals surface area (Å²) in [6, 6.07) is 20.2. The molecule has 1 aromatic heterocycles. The minimum atomic E-state index is -0.275. The van der Waals surface area contributed by atoms with Gasteiger partial charge < -0.3 is 10.1 Å². The first kappa shape index (κ1) is 23.5. The number of halogens is 1. The number of anilines is 1. The molecule has 2 amide bonds. The van der Waals surface area contributed by atoms with Crippen molar-refractivity contribution < 1.29 is 14.3 Å². The summed E-state index contributed by atoms with van der Waals surface area (Å²) in [5.41, 5.74) is 6.18. The molecule has 172 valence electrons. The highest BCUT2D eigenvalue weighted by atomic mass is 35.5. The quantitative estimate of drug-likeness (QED) is 0.244. The lowest BCUT2D eigenvalue weighted by Gasteiger charge is -2.10. The van der Waals surface area contributed by atoms with Gasteiger partial charge in [-0.2, -0.15) is 5.10 Å². The zero-order valence-corrected chi connectivity index (χ0v) is 20.2. The average molecular weight is 492 g/mol. The van der Waals surface area contributed by atoms with E-state index in [0.29, 0.717) is 27.7 Å². The lowest BCUT2D eigenvalue weighted by molar-refractivity contribution is -0.118. The molecule has 0 radical (unpaired) electrons. The van der Waals surface area contributed by atoms with Crippen molar-refractivity contribution in [3.63, 3.8) is 0 Å². The third-order valence-corrected chi connectivity index (χ3v) is 6.33. The molecule has 0 bridgehead atoms. The van der Waals surface area contributed by atoms with Crippen LogP contribution in [0.1, 0.15) is 28.4 Å². The maximum Gasteiger partial charge on any atom is 0.272 e. The fourth-order valence-electron chi connectivity index (χ4n) is 3.32. The van der Waals surface area contributed by atoms with Gasteiger partial charge >= 0.3 is 0 Å². The lowest BCUT2D eigenvalue weighted by atomic mass is 10.1. The molecule has 0 spiro atoms. The van der Waals surface area contributed by atoms with E-state index in [0.717, 1.165) is 21.2 Å². The first-order valence-electron chi connectivity index (χ1n) is 10.5. The van der Waals surface area contributed by atoms with E-state index in [4.69, 9.17) is 16.3 Å². The van der Waals surface area contributed by atoms with E-state index in [-0.39, 0.29) is 18.4 Å². The summed E-state index contributed by atoms with van der Waals surface area (Å²) >= 11 is 7.46. The van der Waals surface area contributed by atoms with E-state index in [1.807, 2.05) is 55.6 Å². The molecule has 0 atom stereocenters. The fourth-order valence-corrected chi connectivity index (χ4v) is 4.49. The molecule has 0 aliphatic heterocycles. The number of hydrazone groups is 1. The van der Waals surface area contributed by atoms with E-state index in [1.54, 1.807) is 30.3 Å². The molecule has 2 N–H and O–H groups in total. The summed E-state index contributed by atoms with van der Waals surface area (Å²) in [4.78, 5) is 24.8. The van der Waals surface area contributed by atoms with Gasteiger partial charge in [-0.1, -0.05) is 41.9 Å². The van der Waals surface area contributed by atoms with Gasteiger partial charge in [0.2, 0.25) is 0 Å². The van der Waals surface area contributed by atoms with Crippen LogP contribution in [0.15, 0.2) is 77.2 Å². The number of ether oxygens (including phenoxy) is 1. The minimum absolute atomic E-state index is 0.117. The van der Waals surface area contributed by atoms with Crippen LogP contribution in [0.4, 0.5) is 5.69 Å². The van der Waals surface area contributed by atoms with E-state index in [2.05, 4.69) is 15.8 Å². The molecule has 3 aromatic carbocycles. The van der Waals surface area contributed by atoms with E-state index in [1.165, 1.54) is 11.3 Å². The van der Waals surface area contributed by atoms with Crippen molar-refractivity contribution >= 4 is 56.2 Å². The first-order valence-corrected chi connectivity index (χ1v) is 11.8. The first-order chi connectivity index (χ1) is 16.4. The Hall–Kier alpha value is -3.68. The van der Waals surface area contributed by atoms with Crippen molar-refractivity contribution in [2.75, 3.05) is 11.9 Å². The van der Waals surface area contributed by atoms with Crippen LogP contribution < -0.4 is 15.5 Å². The fraction of sp³-hybridized carbons (Fsp3) is 0.115. The molecule has 6 nitrogen and oxygen atoms in total. The summed E-state index contributed by atoms with van der Waals surface area (Å²) < 4.78 is 6.63. The van der Waals surface area contributed by atoms with Crippen LogP contribution in [0.25, 0.3) is 10.1 Å². The molecule has 1 heterocycles. The van der Waals surface area contributed by atoms with Crippen molar-refractivity contribution in [2.45, 2.75) is 13.8 Å². The van der Waals surface area contributed by atoms with Gasteiger partial charge in [0.15, 0.2) is 6.61 Å². The van der Waals surface area contributed by atoms with Crippen molar-refractivity contribution in [1.29, 1.82) is 0 Å². The van der Waals surface area contributed by atoms with Gasteiger partial charge in [-0.15, -0.1) is 11.3 Å². The molecular formula is C26H22ClN3O3S. The Bertz CT molecular complexity index is 1380. The number of benzene rings is 3. The standard InChI is InChI=1S/C26H22ClN3O3S/c1-16-13-19(27)9-12-23(16)33-14-25(31)28-20-10-7-18(8-11-20)17(2)29-30-26(32)22-15-34-24-6-4-3-5-21(22)24/h3-13,15H,14H2,1-2H3,(H,28,31)(H,30,32)/b29-17+. The summed E-state index contributed by atoms with van der Waals surface area (Å²) in [5, 5.41) is 10.4. The highest BCUT2D eigenvalue weighted by Gasteiger charge is 2.12. The molecule has 0 fully saturated rings. The smallest absolute Gasteiger partial charge is 0.272 e. The Balaban J connectivity index is 1.32. The number of rotatable bonds is 7. The number of thiophene rings is 1. The monoisotopic (exact) mass is 491 g/mol. The Kier molecular flexibility index (Phi) is 7.25. The second kappa shape index (κ2) is 10.5. The predicted molar refractivity (Wildman–Crippen MR) is 138 cm³/mol. The van der Waals surface area contributed by atoms with Gasteiger partial charge in [-0.3, -0.25) is 9.59 Å². The van der Waals surface area contributed by atoms with Crippen LogP contribution in [-0.4, -0.2) is 24.1 Å². The number of nitrogens with one attached hydrogen (secondary N) is 2. The minimum Gasteiger partial charge on any atom is -0.483 e. The van der Waals surface area contributed by atoms with Gasteiger partial charge in [0.1, 0.15) is 5.75 Å². The molecule has 8 heteroatoms. The van der Waals surface area contributed by atoms with Gasteiger partial charge in [-0.25, -0.2) is 5.43 Å². The van der Waals surface area contributed by atoms with Gasteiger partial charge in [-0.05, 0) is 61.4 Å². The van der Waals surface area contributed by atoms with E-state index in [9.17, 15) is 9.59 Å². The zero-order valence-electron chi connectivity index (χ0n) is 18.6. The third kappa shape index (κ3) is 5.62. The molecular weight excluding hydrogens is 470 g/mol. The molecule has 0 saturated heterocycles. The van der Waals surface area contributed by atoms with Crippen LogP contribution in [0.2, 0.25) is 5.02 Å². The second-order valence-corrected chi connectivity index (χ2v) is 8.96. The molecule has 0 aliphatic rings. The number of carbonyl (C=O) groups excluding carboxylic acids is 2. The summed E-state index contributed by atoms with van der Waals surface area (Å²) in [6.07, 6.45) is 0. The summed E-state index contributed by atoms with van der Waals surface area (Å²) in [5.74, 6) is 0.0820. The van der Waals surface area contributed by atoms with Gasteiger partial charge in [0, 0.05) is 26.2 Å². The SMILES string of the molecule is C/C(=N\NC(=O)c1csc2ccccc12)c1ccc(NC(=O)COc2ccc(Cl)cc2C)cc1. The number of aryl methyl sites for hydroxylation is 1. The second-order valence-electron chi connectivity index (χ2n) is 7.61. The van der Waals surface area contributed by atoms with Gasteiger partial charge in [0.25, 0.3) is 11.8 Å². The van der Waals surface area contributed by atoms with Crippen molar-refractivity contribution in [2.24, 2.45) is 5.10 Å². The predicted octanol–water partition coefficient (Wildman–Crippen LogP) is 6.03. The largest absolute Gasteiger partial charge is 0.483 e. The normalized spacial score (nSPS) is 11.3. The third-order valence-electron chi connectivity index (χ3n) is 5.13. The lowest BCUT2D eigenvalue weighted by Crippen LogP contribution is -2.20. The molecule has 4 aromatic rings. The number of hydrogen-bond donors (Lipinski definition) is 2. The van der Waals surface area contributed by atoms with Crippen LogP contribution in [0.5, 0.6) is 5.75 Å². The van der Waals surface area contributed by atoms with E-state index >= 15 is 0 Å². The Morgan fingerprint density at radius 1 is 1.06 bits per heavy atom. The molecule has 34 heavy (non-hydrogen) atoms. The number of hydrogen-bond acceptors (Lipinski definition) is 5. The van der Waals surface area contributed by atoms with Crippen molar-refractivity contribution in [3.05, 3.63) is 93.8 Å². The summed E-state index contributed by atoms with van der Waals surface area (Å²) in [7, 11) is 0. The van der Waals surface area contributed by atoms with Crippen molar-refractivity contribution in [3.8, 4) is 5.75 Å². The van der Waals surface area contributed by atoms with Crippen molar-refractivity contribution in [1.82, 2.24) is 5.43 Å². The maximum absolute atomic E-state index is 12.6. The Labute approximate surface area is 206 Å². The number of amides is 2.